The minimum absolute atomic E-state index is 0.0326. The molecule has 0 radical (unpaired) electrons. The Bertz CT molecular complexity index is 666. The van der Waals surface area contributed by atoms with Gasteiger partial charge in [-0.2, -0.15) is 0 Å². The third kappa shape index (κ3) is 4.42. The van der Waals surface area contributed by atoms with E-state index in [1.54, 1.807) is 11.3 Å². The number of benzene rings is 1. The summed E-state index contributed by atoms with van der Waals surface area (Å²) >= 11 is 7.52. The van der Waals surface area contributed by atoms with E-state index in [0.717, 1.165) is 47.5 Å². The summed E-state index contributed by atoms with van der Waals surface area (Å²) in [5.74, 6) is -0.204. The van der Waals surface area contributed by atoms with Crippen LogP contribution in [0.15, 0.2) is 24.3 Å². The summed E-state index contributed by atoms with van der Waals surface area (Å²) in [6.07, 6.45) is 2.47. The predicted molar refractivity (Wildman–Crippen MR) is 91.2 cm³/mol. The highest BCUT2D eigenvalue weighted by Gasteiger charge is 2.23. The summed E-state index contributed by atoms with van der Waals surface area (Å²) in [4.78, 5) is 13.2. The number of carbonyl (C=O) groups is 1. The highest BCUT2D eigenvalue weighted by Crippen LogP contribution is 2.26. The van der Waals surface area contributed by atoms with Gasteiger partial charge in [0.25, 0.3) is 0 Å². The molecule has 0 amide bonds. The number of anilines is 1. The van der Waals surface area contributed by atoms with Gasteiger partial charge >= 0.3 is 5.97 Å². The number of hydrogen-bond acceptors (Lipinski definition) is 6. The van der Waals surface area contributed by atoms with Gasteiger partial charge in [-0.25, -0.2) is 0 Å². The molecule has 0 bridgehead atoms. The molecule has 1 aromatic heterocycles. The van der Waals surface area contributed by atoms with Gasteiger partial charge in [0.05, 0.1) is 0 Å². The Labute approximate surface area is 144 Å². The minimum Gasteiger partial charge on any atom is -0.462 e. The Morgan fingerprint density at radius 1 is 1.30 bits per heavy atom. The summed E-state index contributed by atoms with van der Waals surface area (Å²) in [6.45, 7) is 3.14. The van der Waals surface area contributed by atoms with Crippen molar-refractivity contribution in [3.63, 3.8) is 0 Å². The molecule has 1 aliphatic rings. The fourth-order valence-corrected chi connectivity index (χ4v) is 3.67. The third-order valence-electron chi connectivity index (χ3n) is 3.77. The topological polar surface area (TPSA) is 55.3 Å². The van der Waals surface area contributed by atoms with Crippen molar-refractivity contribution in [1.82, 2.24) is 10.2 Å². The maximum Gasteiger partial charge on any atom is 0.302 e. The van der Waals surface area contributed by atoms with Crippen molar-refractivity contribution >= 4 is 34.0 Å². The molecular formula is C16H18ClN3O2S. The summed E-state index contributed by atoms with van der Waals surface area (Å²) < 4.78 is 5.26. The van der Waals surface area contributed by atoms with E-state index in [0.29, 0.717) is 0 Å². The maximum absolute atomic E-state index is 11.0. The zero-order valence-electron chi connectivity index (χ0n) is 12.9. The van der Waals surface area contributed by atoms with Crippen molar-refractivity contribution in [3.05, 3.63) is 39.9 Å². The van der Waals surface area contributed by atoms with Crippen LogP contribution >= 0.6 is 22.9 Å². The van der Waals surface area contributed by atoms with E-state index in [9.17, 15) is 4.79 Å². The lowest BCUT2D eigenvalue weighted by atomic mass is 10.1. The quantitative estimate of drug-likeness (QED) is 0.791. The average molecular weight is 352 g/mol. The van der Waals surface area contributed by atoms with Gasteiger partial charge in [-0.05, 0) is 17.7 Å². The highest BCUT2D eigenvalue weighted by atomic mass is 35.5. The molecule has 1 aliphatic heterocycles. The first-order valence-electron chi connectivity index (χ1n) is 7.59. The zero-order chi connectivity index (χ0) is 16.2. The van der Waals surface area contributed by atoms with Crippen molar-refractivity contribution in [1.29, 1.82) is 0 Å². The van der Waals surface area contributed by atoms with Crippen LogP contribution in [0.4, 0.5) is 5.13 Å². The number of esters is 1. The Kier molecular flexibility index (Phi) is 5.13. The second-order valence-corrected chi connectivity index (χ2v) is 7.05. The number of hydrogen-bond donors (Lipinski definition) is 0. The largest absolute Gasteiger partial charge is 0.462 e. The van der Waals surface area contributed by atoms with Gasteiger partial charge in [0, 0.05) is 44.3 Å². The lowest BCUT2D eigenvalue weighted by Gasteiger charge is -2.30. The molecule has 1 saturated heterocycles. The van der Waals surface area contributed by atoms with E-state index in [4.69, 9.17) is 16.3 Å². The molecule has 1 aromatic carbocycles. The van der Waals surface area contributed by atoms with Crippen LogP contribution in [-0.2, 0) is 16.0 Å². The molecule has 7 heteroatoms. The van der Waals surface area contributed by atoms with Crippen LogP contribution in [0.1, 0.15) is 30.3 Å². The second-order valence-electron chi connectivity index (χ2n) is 5.58. The van der Waals surface area contributed by atoms with Crippen LogP contribution in [0.5, 0.6) is 0 Å². The van der Waals surface area contributed by atoms with E-state index in [1.165, 1.54) is 12.5 Å². The Morgan fingerprint density at radius 3 is 2.65 bits per heavy atom. The van der Waals surface area contributed by atoms with Crippen molar-refractivity contribution < 1.29 is 9.53 Å². The van der Waals surface area contributed by atoms with Crippen LogP contribution in [0.25, 0.3) is 0 Å². The van der Waals surface area contributed by atoms with Crippen LogP contribution in [-0.4, -0.2) is 35.4 Å². The molecule has 2 aromatic rings. The van der Waals surface area contributed by atoms with Gasteiger partial charge < -0.3 is 9.64 Å². The first-order valence-corrected chi connectivity index (χ1v) is 8.78. The molecule has 23 heavy (non-hydrogen) atoms. The number of halogens is 1. The van der Waals surface area contributed by atoms with Gasteiger partial charge in [0.15, 0.2) is 0 Å². The zero-order valence-corrected chi connectivity index (χ0v) is 14.4. The number of aromatic nitrogens is 2. The predicted octanol–water partition coefficient (Wildman–Crippen LogP) is 3.31. The third-order valence-corrected chi connectivity index (χ3v) is 5.01. The molecule has 0 atom stereocenters. The Morgan fingerprint density at radius 2 is 2.00 bits per heavy atom. The molecule has 3 rings (SSSR count). The Hall–Kier alpha value is -1.66. The number of piperidine rings is 1. The van der Waals surface area contributed by atoms with E-state index in [-0.39, 0.29) is 12.1 Å². The van der Waals surface area contributed by atoms with Crippen molar-refractivity contribution in [2.45, 2.75) is 32.3 Å². The van der Waals surface area contributed by atoms with Gasteiger partial charge in [-0.1, -0.05) is 35.1 Å². The van der Waals surface area contributed by atoms with Crippen molar-refractivity contribution in [2.24, 2.45) is 0 Å². The molecule has 0 saturated carbocycles. The summed E-state index contributed by atoms with van der Waals surface area (Å²) in [7, 11) is 0. The van der Waals surface area contributed by atoms with Gasteiger partial charge in [-0.3, -0.25) is 4.79 Å². The molecule has 122 valence electrons. The van der Waals surface area contributed by atoms with Crippen molar-refractivity contribution in [2.75, 3.05) is 18.0 Å². The second kappa shape index (κ2) is 7.27. The highest BCUT2D eigenvalue weighted by molar-refractivity contribution is 7.15. The first-order chi connectivity index (χ1) is 11.1. The fraction of sp³-hybridized carbons (Fsp3) is 0.438. The monoisotopic (exact) mass is 351 g/mol. The lowest BCUT2D eigenvalue weighted by Crippen LogP contribution is -2.37. The average Bonchev–Trinajstić information content (AvgIpc) is 2.98. The molecule has 1 fully saturated rings. The maximum atomic E-state index is 11.0. The van der Waals surface area contributed by atoms with E-state index in [1.807, 2.05) is 24.3 Å². The molecule has 0 N–H and O–H groups in total. The number of rotatable bonds is 4. The first kappa shape index (κ1) is 16.2. The molecule has 0 spiro atoms. The molecular weight excluding hydrogens is 334 g/mol. The van der Waals surface area contributed by atoms with Crippen molar-refractivity contribution in [3.8, 4) is 0 Å². The van der Waals surface area contributed by atoms with E-state index >= 15 is 0 Å². The fourth-order valence-electron chi connectivity index (χ4n) is 2.62. The van der Waals surface area contributed by atoms with Crippen LogP contribution in [0, 0.1) is 0 Å². The number of nitrogens with zero attached hydrogens (tertiary/aromatic N) is 3. The van der Waals surface area contributed by atoms with E-state index < -0.39 is 0 Å². The lowest BCUT2D eigenvalue weighted by molar-refractivity contribution is -0.147. The number of carbonyl (C=O) groups excluding carboxylic acids is 1. The van der Waals surface area contributed by atoms with E-state index in [2.05, 4.69) is 15.1 Å². The van der Waals surface area contributed by atoms with Gasteiger partial charge in [0.1, 0.15) is 11.1 Å². The summed E-state index contributed by atoms with van der Waals surface area (Å²) in [5.41, 5.74) is 1.17. The SMILES string of the molecule is CC(=O)OC1CCN(c2nnc(Cc3ccc(Cl)cc3)s2)CC1. The number of ether oxygens (including phenoxy) is 1. The Balaban J connectivity index is 1.57. The molecule has 2 heterocycles. The van der Waals surface area contributed by atoms with Crippen LogP contribution in [0.2, 0.25) is 5.02 Å². The summed E-state index contributed by atoms with van der Waals surface area (Å²) in [5, 5.41) is 11.3. The molecule has 5 nitrogen and oxygen atoms in total. The standard InChI is InChI=1S/C16H18ClN3O2S/c1-11(21)22-14-6-8-20(9-7-14)16-19-18-15(23-16)10-12-2-4-13(17)5-3-12/h2-5,14H,6-10H2,1H3. The summed E-state index contributed by atoms with van der Waals surface area (Å²) in [6, 6.07) is 7.79. The van der Waals surface area contributed by atoms with Gasteiger partial charge in [-0.15, -0.1) is 10.2 Å². The minimum atomic E-state index is -0.204. The van der Waals surface area contributed by atoms with Gasteiger partial charge in [0.2, 0.25) is 5.13 Å². The van der Waals surface area contributed by atoms with Crippen LogP contribution < -0.4 is 4.90 Å². The molecule has 0 unspecified atom stereocenters. The normalized spacial score (nSPS) is 15.7. The smallest absolute Gasteiger partial charge is 0.302 e. The van der Waals surface area contributed by atoms with Crippen LogP contribution in [0.3, 0.4) is 0 Å². The molecule has 0 aliphatic carbocycles.